The number of rotatable bonds is 6. The van der Waals surface area contributed by atoms with Gasteiger partial charge in [0.25, 0.3) is 0 Å². The van der Waals surface area contributed by atoms with E-state index in [2.05, 4.69) is 37.9 Å². The van der Waals surface area contributed by atoms with Crippen molar-refractivity contribution in [2.24, 2.45) is 5.92 Å². The molecule has 0 aromatic heterocycles. The number of piperidine rings is 1. The van der Waals surface area contributed by atoms with Gasteiger partial charge in [0.2, 0.25) is 0 Å². The molecule has 1 N–H and O–H groups in total. The Hall–Kier alpha value is -0.0800. The predicted molar refractivity (Wildman–Crippen MR) is 71.8 cm³/mol. The molecular formula is C14H30N2. The van der Waals surface area contributed by atoms with Crippen LogP contribution in [-0.2, 0) is 0 Å². The summed E-state index contributed by atoms with van der Waals surface area (Å²) < 4.78 is 0. The molecule has 3 unspecified atom stereocenters. The van der Waals surface area contributed by atoms with Crippen molar-refractivity contribution in [3.05, 3.63) is 0 Å². The summed E-state index contributed by atoms with van der Waals surface area (Å²) in [5, 5.41) is 3.62. The minimum atomic E-state index is 0.750. The molecule has 1 aliphatic heterocycles. The smallest absolute Gasteiger partial charge is 0.0117 e. The molecule has 2 heteroatoms. The summed E-state index contributed by atoms with van der Waals surface area (Å²) >= 11 is 0. The molecular weight excluding hydrogens is 196 g/mol. The van der Waals surface area contributed by atoms with Gasteiger partial charge in [0, 0.05) is 18.6 Å². The van der Waals surface area contributed by atoms with Gasteiger partial charge in [-0.05, 0) is 38.3 Å². The van der Waals surface area contributed by atoms with E-state index in [0.29, 0.717) is 0 Å². The Labute approximate surface area is 102 Å². The fourth-order valence-corrected chi connectivity index (χ4v) is 3.05. The van der Waals surface area contributed by atoms with Gasteiger partial charge < -0.3 is 10.2 Å². The van der Waals surface area contributed by atoms with Crippen molar-refractivity contribution >= 4 is 0 Å². The topological polar surface area (TPSA) is 15.3 Å². The van der Waals surface area contributed by atoms with Crippen LogP contribution in [0.15, 0.2) is 0 Å². The molecule has 0 radical (unpaired) electrons. The first-order valence-corrected chi connectivity index (χ1v) is 7.20. The molecule has 16 heavy (non-hydrogen) atoms. The first-order chi connectivity index (χ1) is 7.72. The molecule has 0 aromatic rings. The summed E-state index contributed by atoms with van der Waals surface area (Å²) in [6.07, 6.45) is 5.33. The van der Waals surface area contributed by atoms with Crippen molar-refractivity contribution in [1.29, 1.82) is 0 Å². The van der Waals surface area contributed by atoms with Crippen LogP contribution in [0.3, 0.4) is 0 Å². The van der Waals surface area contributed by atoms with Gasteiger partial charge in [-0.15, -0.1) is 0 Å². The normalized spacial score (nSPS) is 29.2. The fraction of sp³-hybridized carbons (Fsp3) is 1.00. The van der Waals surface area contributed by atoms with Crippen molar-refractivity contribution in [2.45, 2.75) is 65.5 Å². The van der Waals surface area contributed by atoms with E-state index in [9.17, 15) is 0 Å². The summed E-state index contributed by atoms with van der Waals surface area (Å²) in [6.45, 7) is 12.9. The minimum Gasteiger partial charge on any atom is -0.314 e. The highest BCUT2D eigenvalue weighted by molar-refractivity contribution is 4.85. The quantitative estimate of drug-likeness (QED) is 0.749. The van der Waals surface area contributed by atoms with Gasteiger partial charge in [0.1, 0.15) is 0 Å². The van der Waals surface area contributed by atoms with Crippen molar-refractivity contribution < 1.29 is 0 Å². The number of nitrogens with zero attached hydrogens (tertiary/aromatic N) is 1. The van der Waals surface area contributed by atoms with E-state index in [-0.39, 0.29) is 0 Å². The molecule has 96 valence electrons. The zero-order valence-corrected chi connectivity index (χ0v) is 11.6. The zero-order chi connectivity index (χ0) is 12.0. The van der Waals surface area contributed by atoms with Gasteiger partial charge in [-0.1, -0.05) is 34.1 Å². The van der Waals surface area contributed by atoms with Crippen molar-refractivity contribution in [1.82, 2.24) is 10.2 Å². The van der Waals surface area contributed by atoms with Gasteiger partial charge in [-0.25, -0.2) is 0 Å². The zero-order valence-electron chi connectivity index (χ0n) is 11.6. The van der Waals surface area contributed by atoms with E-state index >= 15 is 0 Å². The monoisotopic (exact) mass is 226 g/mol. The summed E-state index contributed by atoms with van der Waals surface area (Å²) in [5.41, 5.74) is 0. The molecule has 1 heterocycles. The van der Waals surface area contributed by atoms with Crippen LogP contribution in [0.4, 0.5) is 0 Å². The van der Waals surface area contributed by atoms with Gasteiger partial charge >= 0.3 is 0 Å². The molecule has 1 fully saturated rings. The van der Waals surface area contributed by atoms with E-state index in [1.165, 1.54) is 38.8 Å². The van der Waals surface area contributed by atoms with E-state index in [1.807, 2.05) is 0 Å². The standard InChI is InChI=1S/C14H30N2/c1-5-8-13(6-2)16-10-9-14(15-7-3)12(4)11-16/h12-15H,5-11H2,1-4H3. The largest absolute Gasteiger partial charge is 0.314 e. The molecule has 0 aliphatic carbocycles. The van der Waals surface area contributed by atoms with Crippen LogP contribution < -0.4 is 5.32 Å². The average Bonchev–Trinajstić information content (AvgIpc) is 2.29. The fourth-order valence-electron chi connectivity index (χ4n) is 3.05. The summed E-state index contributed by atoms with van der Waals surface area (Å²) in [5.74, 6) is 0.805. The van der Waals surface area contributed by atoms with E-state index in [4.69, 9.17) is 0 Å². The van der Waals surface area contributed by atoms with Crippen LogP contribution in [-0.4, -0.2) is 36.6 Å². The molecule has 0 saturated carbocycles. The Balaban J connectivity index is 2.42. The van der Waals surface area contributed by atoms with Gasteiger partial charge in [0.15, 0.2) is 0 Å². The molecule has 0 bridgehead atoms. The Kier molecular flexibility index (Phi) is 6.37. The Morgan fingerprint density at radius 2 is 2.06 bits per heavy atom. The summed E-state index contributed by atoms with van der Waals surface area (Å²) in [4.78, 5) is 2.72. The lowest BCUT2D eigenvalue weighted by atomic mass is 9.91. The van der Waals surface area contributed by atoms with Crippen LogP contribution >= 0.6 is 0 Å². The second-order valence-electron chi connectivity index (χ2n) is 5.28. The predicted octanol–water partition coefficient (Wildman–Crippen LogP) is 2.89. The number of hydrogen-bond acceptors (Lipinski definition) is 2. The first-order valence-electron chi connectivity index (χ1n) is 7.20. The van der Waals surface area contributed by atoms with Crippen LogP contribution in [0.25, 0.3) is 0 Å². The lowest BCUT2D eigenvalue weighted by Crippen LogP contribution is -2.51. The average molecular weight is 226 g/mol. The third-order valence-corrected chi connectivity index (χ3v) is 4.01. The summed E-state index contributed by atoms with van der Waals surface area (Å²) in [6, 6.07) is 1.58. The first kappa shape index (κ1) is 14.0. The number of hydrogen-bond donors (Lipinski definition) is 1. The second-order valence-corrected chi connectivity index (χ2v) is 5.28. The molecule has 3 atom stereocenters. The maximum atomic E-state index is 3.62. The third-order valence-electron chi connectivity index (χ3n) is 4.01. The molecule has 0 amide bonds. The molecule has 0 spiro atoms. The second kappa shape index (κ2) is 7.29. The molecule has 0 aromatic carbocycles. The lowest BCUT2D eigenvalue weighted by molar-refractivity contribution is 0.0968. The van der Waals surface area contributed by atoms with E-state index < -0.39 is 0 Å². The van der Waals surface area contributed by atoms with Gasteiger partial charge in [-0.2, -0.15) is 0 Å². The number of likely N-dealkylation sites (tertiary alicyclic amines) is 1. The Morgan fingerprint density at radius 1 is 1.31 bits per heavy atom. The van der Waals surface area contributed by atoms with Crippen LogP contribution in [0.2, 0.25) is 0 Å². The van der Waals surface area contributed by atoms with E-state index in [1.54, 1.807) is 0 Å². The van der Waals surface area contributed by atoms with Crippen molar-refractivity contribution in [2.75, 3.05) is 19.6 Å². The Bertz CT molecular complexity index is 182. The highest BCUT2D eigenvalue weighted by Crippen LogP contribution is 2.21. The third kappa shape index (κ3) is 3.74. The lowest BCUT2D eigenvalue weighted by Gasteiger charge is -2.41. The molecule has 1 aliphatic rings. The van der Waals surface area contributed by atoms with Crippen LogP contribution in [0.1, 0.15) is 53.4 Å². The maximum Gasteiger partial charge on any atom is 0.0117 e. The Morgan fingerprint density at radius 3 is 2.56 bits per heavy atom. The van der Waals surface area contributed by atoms with E-state index in [0.717, 1.165) is 24.5 Å². The molecule has 1 rings (SSSR count). The highest BCUT2D eigenvalue weighted by atomic mass is 15.2. The molecule has 1 saturated heterocycles. The SMILES string of the molecule is CCCC(CC)N1CCC(NCC)C(C)C1. The van der Waals surface area contributed by atoms with Crippen LogP contribution in [0.5, 0.6) is 0 Å². The minimum absolute atomic E-state index is 0.750. The van der Waals surface area contributed by atoms with Crippen molar-refractivity contribution in [3.8, 4) is 0 Å². The van der Waals surface area contributed by atoms with Crippen molar-refractivity contribution in [3.63, 3.8) is 0 Å². The van der Waals surface area contributed by atoms with Gasteiger partial charge in [-0.3, -0.25) is 0 Å². The number of nitrogens with one attached hydrogen (secondary N) is 1. The highest BCUT2D eigenvalue weighted by Gasteiger charge is 2.28. The molecule has 2 nitrogen and oxygen atoms in total. The van der Waals surface area contributed by atoms with Crippen LogP contribution in [0, 0.1) is 5.92 Å². The van der Waals surface area contributed by atoms with Gasteiger partial charge in [0.05, 0.1) is 0 Å². The summed E-state index contributed by atoms with van der Waals surface area (Å²) in [7, 11) is 0. The maximum absolute atomic E-state index is 3.62.